The van der Waals surface area contributed by atoms with Gasteiger partial charge in [-0.3, -0.25) is 0 Å². The Bertz CT molecular complexity index is 273. The third kappa shape index (κ3) is 2.43. The lowest BCUT2D eigenvalue weighted by Gasteiger charge is -1.92. The van der Waals surface area contributed by atoms with Gasteiger partial charge < -0.3 is 5.11 Å². The molecule has 1 N–H and O–H groups in total. The first-order valence-electron chi connectivity index (χ1n) is 3.72. The van der Waals surface area contributed by atoms with Crippen molar-refractivity contribution in [3.05, 3.63) is 35.9 Å². The Balaban J connectivity index is 2.68. The van der Waals surface area contributed by atoms with Gasteiger partial charge in [-0.25, -0.2) is 4.98 Å². The number of hydrogen-bond donors (Lipinski definition) is 1. The van der Waals surface area contributed by atoms with Crippen LogP contribution in [0.2, 0.25) is 0 Å². The average Bonchev–Trinajstić information content (AvgIpc) is 2.09. The average molecular weight is 167 g/mol. The summed E-state index contributed by atoms with van der Waals surface area (Å²) in [7, 11) is 0. The fourth-order valence-electron chi connectivity index (χ4n) is 0.808. The van der Waals surface area contributed by atoms with Crippen LogP contribution in [0.5, 0.6) is 0 Å². The molecule has 0 amide bonds. The molecule has 12 heavy (non-hydrogen) atoms. The molecule has 0 spiro atoms. The van der Waals surface area contributed by atoms with E-state index in [1.807, 2.05) is 0 Å². The predicted octanol–water partition coefficient (Wildman–Crippen LogP) is 1.62. The first kappa shape index (κ1) is 8.87. The summed E-state index contributed by atoms with van der Waals surface area (Å²) in [5.74, 6) is -0.480. The molecule has 1 heterocycles. The van der Waals surface area contributed by atoms with E-state index >= 15 is 0 Å². The maximum absolute atomic E-state index is 12.8. The van der Waals surface area contributed by atoms with Crippen LogP contribution < -0.4 is 0 Å². The fourth-order valence-corrected chi connectivity index (χ4v) is 0.808. The molecule has 64 valence electrons. The Morgan fingerprint density at radius 2 is 2.42 bits per heavy atom. The van der Waals surface area contributed by atoms with Gasteiger partial charge in [-0.2, -0.15) is 4.39 Å². The molecule has 1 rings (SSSR count). The number of hydrogen-bond acceptors (Lipinski definition) is 2. The second-order valence-electron chi connectivity index (χ2n) is 2.30. The van der Waals surface area contributed by atoms with E-state index in [1.165, 1.54) is 6.20 Å². The van der Waals surface area contributed by atoms with Crippen LogP contribution in [0.4, 0.5) is 4.39 Å². The predicted molar refractivity (Wildman–Crippen MR) is 44.9 cm³/mol. The van der Waals surface area contributed by atoms with Crippen LogP contribution in [0.25, 0.3) is 6.08 Å². The molecule has 3 heteroatoms. The van der Waals surface area contributed by atoms with E-state index in [4.69, 9.17) is 5.11 Å². The van der Waals surface area contributed by atoms with E-state index in [9.17, 15) is 4.39 Å². The summed E-state index contributed by atoms with van der Waals surface area (Å²) in [6.07, 6.45) is 5.26. The Hall–Kier alpha value is -1.22. The lowest BCUT2D eigenvalue weighted by atomic mass is 10.2. The highest BCUT2D eigenvalue weighted by Crippen LogP contribution is 2.05. The number of aromatic nitrogens is 1. The highest BCUT2D eigenvalue weighted by molar-refractivity contribution is 5.47. The number of aliphatic hydroxyl groups is 1. The first-order valence-corrected chi connectivity index (χ1v) is 3.72. The Kier molecular flexibility index (Phi) is 3.41. The molecule has 0 aliphatic heterocycles. The quantitative estimate of drug-likeness (QED) is 0.694. The summed E-state index contributed by atoms with van der Waals surface area (Å²) in [6, 6.07) is 3.30. The molecule has 0 radical (unpaired) electrons. The molecular formula is C9H10FNO. The van der Waals surface area contributed by atoms with E-state index in [1.54, 1.807) is 24.3 Å². The summed E-state index contributed by atoms with van der Waals surface area (Å²) >= 11 is 0. The SMILES string of the molecule is OCCC=Cc1cccnc1F. The van der Waals surface area contributed by atoms with E-state index in [-0.39, 0.29) is 6.61 Å². The van der Waals surface area contributed by atoms with Gasteiger partial charge in [-0.15, -0.1) is 0 Å². The smallest absolute Gasteiger partial charge is 0.220 e. The first-order chi connectivity index (χ1) is 5.84. The van der Waals surface area contributed by atoms with Gasteiger partial charge in [0.05, 0.1) is 0 Å². The molecule has 0 bridgehead atoms. The zero-order valence-electron chi connectivity index (χ0n) is 6.57. The summed E-state index contributed by atoms with van der Waals surface area (Å²) in [6.45, 7) is 0.0817. The molecule has 1 aromatic heterocycles. The molecule has 0 aliphatic carbocycles. The number of rotatable bonds is 3. The molecule has 0 saturated heterocycles. The third-order valence-electron chi connectivity index (χ3n) is 1.38. The largest absolute Gasteiger partial charge is 0.396 e. The molecule has 1 aromatic rings. The van der Waals surface area contributed by atoms with Crippen molar-refractivity contribution in [2.24, 2.45) is 0 Å². The number of nitrogens with zero attached hydrogens (tertiary/aromatic N) is 1. The standard InChI is InChI=1S/C9H10FNO/c10-9-8(4-1-2-7-12)5-3-6-11-9/h1,3-6,12H,2,7H2. The normalized spacial score (nSPS) is 10.8. The third-order valence-corrected chi connectivity index (χ3v) is 1.38. The summed E-state index contributed by atoms with van der Waals surface area (Å²) in [5.41, 5.74) is 0.450. The molecule has 0 aliphatic rings. The Morgan fingerprint density at radius 3 is 3.08 bits per heavy atom. The number of aliphatic hydroxyl groups excluding tert-OH is 1. The van der Waals surface area contributed by atoms with E-state index < -0.39 is 5.95 Å². The Labute approximate surface area is 70.4 Å². The molecule has 0 unspecified atom stereocenters. The van der Waals surface area contributed by atoms with Crippen molar-refractivity contribution in [3.63, 3.8) is 0 Å². The zero-order valence-corrected chi connectivity index (χ0v) is 6.57. The van der Waals surface area contributed by atoms with Crippen molar-refractivity contribution in [1.29, 1.82) is 0 Å². The second kappa shape index (κ2) is 4.62. The van der Waals surface area contributed by atoms with E-state index in [0.717, 1.165) is 0 Å². The van der Waals surface area contributed by atoms with Gasteiger partial charge in [0, 0.05) is 18.4 Å². The number of halogens is 1. The summed E-state index contributed by atoms with van der Waals surface area (Å²) < 4.78 is 12.8. The minimum absolute atomic E-state index is 0.0817. The molecule has 0 saturated carbocycles. The minimum atomic E-state index is -0.480. The highest BCUT2D eigenvalue weighted by atomic mass is 19.1. The van der Waals surface area contributed by atoms with E-state index in [2.05, 4.69) is 4.98 Å². The van der Waals surface area contributed by atoms with E-state index in [0.29, 0.717) is 12.0 Å². The van der Waals surface area contributed by atoms with Crippen LogP contribution in [0.1, 0.15) is 12.0 Å². The monoisotopic (exact) mass is 167 g/mol. The molecule has 0 fully saturated rings. The Morgan fingerprint density at radius 1 is 1.58 bits per heavy atom. The van der Waals surface area contributed by atoms with Crippen molar-refractivity contribution in [2.75, 3.05) is 6.61 Å². The minimum Gasteiger partial charge on any atom is -0.396 e. The molecule has 0 aromatic carbocycles. The van der Waals surface area contributed by atoms with Gasteiger partial charge in [0.15, 0.2) is 0 Å². The maximum Gasteiger partial charge on any atom is 0.220 e. The van der Waals surface area contributed by atoms with Crippen molar-refractivity contribution < 1.29 is 9.50 Å². The lowest BCUT2D eigenvalue weighted by Crippen LogP contribution is -1.85. The molecular weight excluding hydrogens is 157 g/mol. The summed E-state index contributed by atoms with van der Waals surface area (Å²) in [5, 5.41) is 8.45. The second-order valence-corrected chi connectivity index (χ2v) is 2.30. The van der Waals surface area contributed by atoms with Gasteiger partial charge in [0.25, 0.3) is 0 Å². The summed E-state index contributed by atoms with van der Waals surface area (Å²) in [4.78, 5) is 3.48. The van der Waals surface area contributed by atoms with Crippen molar-refractivity contribution in [2.45, 2.75) is 6.42 Å². The van der Waals surface area contributed by atoms with Crippen molar-refractivity contribution >= 4 is 6.08 Å². The van der Waals surface area contributed by atoms with Gasteiger partial charge in [0.1, 0.15) is 0 Å². The maximum atomic E-state index is 12.8. The van der Waals surface area contributed by atoms with Crippen molar-refractivity contribution in [1.82, 2.24) is 4.98 Å². The molecule has 2 nitrogen and oxygen atoms in total. The van der Waals surface area contributed by atoms with Crippen molar-refractivity contribution in [3.8, 4) is 0 Å². The molecule has 0 atom stereocenters. The van der Waals surface area contributed by atoms with Crippen LogP contribution in [-0.2, 0) is 0 Å². The van der Waals surface area contributed by atoms with Crippen LogP contribution in [-0.4, -0.2) is 16.7 Å². The highest BCUT2D eigenvalue weighted by Gasteiger charge is 1.95. The van der Waals surface area contributed by atoms with Crippen LogP contribution in [0, 0.1) is 5.95 Å². The van der Waals surface area contributed by atoms with Gasteiger partial charge in [-0.05, 0) is 18.6 Å². The van der Waals surface area contributed by atoms with Gasteiger partial charge in [-0.1, -0.05) is 12.2 Å². The van der Waals surface area contributed by atoms with Crippen LogP contribution >= 0.6 is 0 Å². The topological polar surface area (TPSA) is 33.1 Å². The number of pyridine rings is 1. The van der Waals surface area contributed by atoms with Gasteiger partial charge >= 0.3 is 0 Å². The lowest BCUT2D eigenvalue weighted by molar-refractivity contribution is 0.303. The zero-order chi connectivity index (χ0) is 8.81. The van der Waals surface area contributed by atoms with Gasteiger partial charge in [0.2, 0.25) is 5.95 Å². The van der Waals surface area contributed by atoms with Crippen LogP contribution in [0.15, 0.2) is 24.4 Å². The van der Waals surface area contributed by atoms with Crippen LogP contribution in [0.3, 0.4) is 0 Å². The fraction of sp³-hybridized carbons (Fsp3) is 0.222.